The van der Waals surface area contributed by atoms with E-state index in [2.05, 4.69) is 10.4 Å². The summed E-state index contributed by atoms with van der Waals surface area (Å²) in [7, 11) is 3.13. The van der Waals surface area contributed by atoms with E-state index in [9.17, 15) is 9.59 Å². The van der Waals surface area contributed by atoms with Crippen LogP contribution in [-0.2, 0) is 11.3 Å². The number of rotatable bonds is 9. The molecule has 0 aliphatic carbocycles. The van der Waals surface area contributed by atoms with Crippen molar-refractivity contribution in [2.45, 2.75) is 32.9 Å². The van der Waals surface area contributed by atoms with E-state index in [1.54, 1.807) is 44.6 Å². The molecule has 2 aromatic carbocycles. The van der Waals surface area contributed by atoms with Gasteiger partial charge in [-0.2, -0.15) is 4.68 Å². The Balaban J connectivity index is 1.75. The number of hydrogen-bond donors (Lipinski definition) is 1. The van der Waals surface area contributed by atoms with E-state index in [0.29, 0.717) is 28.6 Å². The van der Waals surface area contributed by atoms with Gasteiger partial charge in [0.2, 0.25) is 5.88 Å². The number of benzene rings is 2. The second-order valence-corrected chi connectivity index (χ2v) is 7.70. The van der Waals surface area contributed by atoms with Gasteiger partial charge in [-0.05, 0) is 43.2 Å². The number of aryl methyl sites for hydroxylation is 1. The molecule has 1 amide bonds. The van der Waals surface area contributed by atoms with E-state index in [1.165, 1.54) is 16.8 Å². The van der Waals surface area contributed by atoms with Gasteiger partial charge >= 0.3 is 0 Å². The number of ether oxygens (including phenoxy) is 3. The number of methoxy groups -OCH3 is 2. The van der Waals surface area contributed by atoms with Crippen molar-refractivity contribution >= 4 is 17.5 Å². The maximum atomic E-state index is 12.8. The molecule has 0 unspecified atom stereocenters. The molecule has 0 bridgehead atoms. The number of amides is 1. The fourth-order valence-electron chi connectivity index (χ4n) is 3.20. The van der Waals surface area contributed by atoms with Crippen molar-refractivity contribution in [1.82, 2.24) is 15.1 Å². The molecule has 1 aromatic heterocycles. The minimum absolute atomic E-state index is 0.151. The molecule has 3 aromatic rings. The lowest BCUT2D eigenvalue weighted by atomic mass is 10.1. The van der Waals surface area contributed by atoms with E-state index < -0.39 is 6.10 Å². The van der Waals surface area contributed by atoms with Crippen LogP contribution < -0.4 is 25.1 Å². The number of nitrogens with one attached hydrogen (secondary N) is 1. The highest BCUT2D eigenvalue weighted by Gasteiger charge is 2.20. The van der Waals surface area contributed by atoms with Gasteiger partial charge in [0.05, 0.1) is 19.9 Å². The first-order valence-corrected chi connectivity index (χ1v) is 10.8. The molecule has 0 fully saturated rings. The van der Waals surface area contributed by atoms with Gasteiger partial charge in [-0.25, -0.2) is 0 Å². The van der Waals surface area contributed by atoms with Crippen LogP contribution in [0.5, 0.6) is 17.4 Å². The summed E-state index contributed by atoms with van der Waals surface area (Å²) in [5, 5.41) is 7.63. The average molecular weight is 472 g/mol. The molecule has 174 valence electrons. The van der Waals surface area contributed by atoms with E-state index in [1.807, 2.05) is 19.9 Å². The molecule has 1 atom stereocenters. The predicted octanol–water partition coefficient (Wildman–Crippen LogP) is 3.69. The third-order valence-corrected chi connectivity index (χ3v) is 5.28. The molecule has 33 heavy (non-hydrogen) atoms. The molecule has 0 spiro atoms. The zero-order valence-electron chi connectivity index (χ0n) is 18.9. The van der Waals surface area contributed by atoms with Crippen LogP contribution in [0.3, 0.4) is 0 Å². The molecule has 0 saturated carbocycles. The molecule has 0 aliphatic heterocycles. The summed E-state index contributed by atoms with van der Waals surface area (Å²) in [6.07, 6.45) is -0.393. The summed E-state index contributed by atoms with van der Waals surface area (Å²) in [6, 6.07) is 13.3. The van der Waals surface area contributed by atoms with Crippen LogP contribution in [0.2, 0.25) is 5.02 Å². The molecule has 0 aliphatic rings. The van der Waals surface area contributed by atoms with Gasteiger partial charge in [0.15, 0.2) is 6.10 Å². The number of nitrogens with zero attached hydrogens (tertiary/aromatic N) is 2. The maximum absolute atomic E-state index is 12.8. The number of carbonyl (C=O) groups excluding carboxylic acids is 1. The van der Waals surface area contributed by atoms with Gasteiger partial charge in [0.1, 0.15) is 11.5 Å². The highest BCUT2D eigenvalue weighted by molar-refractivity contribution is 6.30. The Morgan fingerprint density at radius 1 is 1.12 bits per heavy atom. The molecule has 1 N–H and O–H groups in total. The highest BCUT2D eigenvalue weighted by Crippen LogP contribution is 2.24. The van der Waals surface area contributed by atoms with Crippen LogP contribution in [0.15, 0.2) is 53.3 Å². The van der Waals surface area contributed by atoms with E-state index >= 15 is 0 Å². The van der Waals surface area contributed by atoms with Gasteiger partial charge in [0.25, 0.3) is 11.5 Å². The average Bonchev–Trinajstić information content (AvgIpc) is 2.83. The number of halogens is 1. The van der Waals surface area contributed by atoms with Crippen molar-refractivity contribution in [1.29, 1.82) is 0 Å². The molecule has 1 heterocycles. The van der Waals surface area contributed by atoms with Gasteiger partial charge in [0, 0.05) is 35.3 Å². The van der Waals surface area contributed by atoms with Crippen molar-refractivity contribution in [2.75, 3.05) is 14.2 Å². The van der Waals surface area contributed by atoms with Gasteiger partial charge in [-0.1, -0.05) is 24.6 Å². The van der Waals surface area contributed by atoms with Crippen LogP contribution in [0.1, 0.15) is 24.5 Å². The lowest BCUT2D eigenvalue weighted by Gasteiger charge is -2.18. The fraction of sp³-hybridized carbons (Fsp3) is 0.292. The fourth-order valence-corrected chi connectivity index (χ4v) is 3.37. The van der Waals surface area contributed by atoms with E-state index in [0.717, 1.165) is 11.1 Å². The summed E-state index contributed by atoms with van der Waals surface area (Å²) in [5.74, 6) is 1.11. The highest BCUT2D eigenvalue weighted by atomic mass is 35.5. The number of aromatic nitrogens is 2. The second kappa shape index (κ2) is 10.9. The lowest BCUT2D eigenvalue weighted by Crippen LogP contribution is -2.38. The number of hydrogen-bond acceptors (Lipinski definition) is 6. The van der Waals surface area contributed by atoms with E-state index in [-0.39, 0.29) is 23.9 Å². The van der Waals surface area contributed by atoms with Gasteiger partial charge in [-0.15, -0.1) is 5.10 Å². The Kier molecular flexibility index (Phi) is 7.95. The Hall–Kier alpha value is -3.52. The summed E-state index contributed by atoms with van der Waals surface area (Å²) >= 11 is 6.09. The minimum Gasteiger partial charge on any atom is -0.497 e. The molecule has 8 nitrogen and oxygen atoms in total. The summed E-state index contributed by atoms with van der Waals surface area (Å²) in [6.45, 7) is 3.93. The molecule has 3 rings (SSSR count). The smallest absolute Gasteiger partial charge is 0.271 e. The van der Waals surface area contributed by atoms with Crippen LogP contribution >= 0.6 is 11.6 Å². The zero-order valence-corrected chi connectivity index (χ0v) is 19.7. The van der Waals surface area contributed by atoms with Crippen molar-refractivity contribution in [2.24, 2.45) is 0 Å². The van der Waals surface area contributed by atoms with Crippen LogP contribution in [-0.4, -0.2) is 36.0 Å². The SMILES string of the molecule is CC[C@@H](Oc1ccc(=O)n(-c2cc(Cl)ccc2C)n1)C(=O)NCc1ccc(OC)cc1OC. The number of carbonyl (C=O) groups is 1. The standard InChI is InChI=1S/C24H26ClN3O5/c1-5-20(24(30)26-14-16-7-9-18(31-3)13-21(16)32-4)33-22-10-11-23(29)28(27-22)19-12-17(25)8-6-15(19)2/h6-13,20H,5,14H2,1-4H3,(H,26,30)/t20-/m1/s1. The second-order valence-electron chi connectivity index (χ2n) is 7.26. The van der Waals surface area contributed by atoms with E-state index in [4.69, 9.17) is 25.8 Å². The molecular formula is C24H26ClN3O5. The van der Waals surface area contributed by atoms with Crippen LogP contribution in [0.25, 0.3) is 5.69 Å². The Bertz CT molecular complexity index is 1190. The quantitative estimate of drug-likeness (QED) is 0.511. The third-order valence-electron chi connectivity index (χ3n) is 5.05. The molecule has 0 saturated heterocycles. The topological polar surface area (TPSA) is 91.7 Å². The first-order valence-electron chi connectivity index (χ1n) is 10.4. The molecule has 0 radical (unpaired) electrons. The minimum atomic E-state index is -0.798. The third kappa shape index (κ3) is 5.84. The Morgan fingerprint density at radius 2 is 1.91 bits per heavy atom. The van der Waals surface area contributed by atoms with Crippen molar-refractivity contribution < 1.29 is 19.0 Å². The largest absolute Gasteiger partial charge is 0.497 e. The maximum Gasteiger partial charge on any atom is 0.271 e. The Labute approximate surface area is 197 Å². The summed E-state index contributed by atoms with van der Waals surface area (Å²) < 4.78 is 17.6. The normalized spacial score (nSPS) is 11.5. The van der Waals surface area contributed by atoms with Gasteiger partial charge < -0.3 is 19.5 Å². The first kappa shape index (κ1) is 24.1. The predicted molar refractivity (Wildman–Crippen MR) is 126 cm³/mol. The molecule has 9 heteroatoms. The first-order chi connectivity index (χ1) is 15.9. The monoisotopic (exact) mass is 471 g/mol. The van der Waals surface area contributed by atoms with Crippen molar-refractivity contribution in [3.05, 3.63) is 75.0 Å². The van der Waals surface area contributed by atoms with Crippen molar-refractivity contribution in [3.8, 4) is 23.1 Å². The Morgan fingerprint density at radius 3 is 2.61 bits per heavy atom. The van der Waals surface area contributed by atoms with Crippen molar-refractivity contribution in [3.63, 3.8) is 0 Å². The summed E-state index contributed by atoms with van der Waals surface area (Å²) in [5.41, 5.74) is 1.83. The zero-order chi connectivity index (χ0) is 24.0. The van der Waals surface area contributed by atoms with Crippen LogP contribution in [0.4, 0.5) is 0 Å². The summed E-state index contributed by atoms with van der Waals surface area (Å²) in [4.78, 5) is 25.2. The molecular weight excluding hydrogens is 446 g/mol. The van der Waals surface area contributed by atoms with Crippen LogP contribution in [0, 0.1) is 6.92 Å². The van der Waals surface area contributed by atoms with Gasteiger partial charge in [-0.3, -0.25) is 9.59 Å². The lowest BCUT2D eigenvalue weighted by molar-refractivity contribution is -0.128.